The fraction of sp³-hybridized carbons (Fsp3) is 0.571. The summed E-state index contributed by atoms with van der Waals surface area (Å²) in [6, 6.07) is 8.15. The van der Waals surface area contributed by atoms with Gasteiger partial charge in [0, 0.05) is 23.4 Å². The first-order valence-electron chi connectivity index (χ1n) is 6.12. The van der Waals surface area contributed by atoms with Crippen LogP contribution in [0, 0.1) is 5.92 Å². The van der Waals surface area contributed by atoms with Gasteiger partial charge in [0.05, 0.1) is 12.2 Å². The van der Waals surface area contributed by atoms with Gasteiger partial charge >= 0.3 is 0 Å². The molecule has 1 aliphatic heterocycles. The van der Waals surface area contributed by atoms with Gasteiger partial charge in [-0.1, -0.05) is 28.1 Å². The monoisotopic (exact) mass is 298 g/mol. The van der Waals surface area contributed by atoms with Crippen molar-refractivity contribution >= 4 is 15.9 Å². The lowest BCUT2D eigenvalue weighted by atomic mass is 9.81. The van der Waals surface area contributed by atoms with Crippen molar-refractivity contribution in [2.75, 3.05) is 13.2 Å². The minimum absolute atomic E-state index is 0.250. The molecule has 0 amide bonds. The Morgan fingerprint density at radius 2 is 2.12 bits per heavy atom. The third-order valence-electron chi connectivity index (χ3n) is 3.52. The van der Waals surface area contributed by atoms with Crippen molar-refractivity contribution in [1.82, 2.24) is 0 Å². The van der Waals surface area contributed by atoms with Crippen LogP contribution in [0.5, 0.6) is 0 Å². The van der Waals surface area contributed by atoms with E-state index in [1.807, 2.05) is 19.1 Å². The highest BCUT2D eigenvalue weighted by molar-refractivity contribution is 9.10. The minimum atomic E-state index is -0.672. The average molecular weight is 299 g/mol. The van der Waals surface area contributed by atoms with Crippen molar-refractivity contribution in [3.05, 3.63) is 34.3 Å². The summed E-state index contributed by atoms with van der Waals surface area (Å²) in [7, 11) is 0. The standard InChI is InChI=1S/C14H19BrO2/c1-14(16,12-3-2-8-17-10-12)9-11-4-6-13(15)7-5-11/h4-7,12,16H,2-3,8-10H2,1H3. The fourth-order valence-corrected chi connectivity index (χ4v) is 2.66. The average Bonchev–Trinajstić information content (AvgIpc) is 2.33. The van der Waals surface area contributed by atoms with E-state index in [-0.39, 0.29) is 5.92 Å². The molecule has 2 atom stereocenters. The third kappa shape index (κ3) is 3.54. The molecule has 17 heavy (non-hydrogen) atoms. The second kappa shape index (κ2) is 5.51. The maximum Gasteiger partial charge on any atom is 0.0709 e. The van der Waals surface area contributed by atoms with E-state index in [1.54, 1.807) is 0 Å². The molecule has 0 radical (unpaired) electrons. The van der Waals surface area contributed by atoms with E-state index in [0.717, 1.165) is 23.9 Å². The Labute approximate surface area is 111 Å². The summed E-state index contributed by atoms with van der Waals surface area (Å²) in [6.07, 6.45) is 2.80. The van der Waals surface area contributed by atoms with Crippen LogP contribution in [0.4, 0.5) is 0 Å². The van der Waals surface area contributed by atoms with Crippen molar-refractivity contribution in [2.24, 2.45) is 5.92 Å². The molecule has 2 nitrogen and oxygen atoms in total. The second-order valence-corrected chi connectivity index (χ2v) is 5.99. The Hall–Kier alpha value is -0.380. The summed E-state index contributed by atoms with van der Waals surface area (Å²) in [4.78, 5) is 0. The minimum Gasteiger partial charge on any atom is -0.389 e. The Morgan fingerprint density at radius 1 is 1.41 bits per heavy atom. The molecule has 2 rings (SSSR count). The highest BCUT2D eigenvalue weighted by Gasteiger charge is 2.33. The van der Waals surface area contributed by atoms with Crippen LogP contribution in [0.25, 0.3) is 0 Å². The molecule has 3 heteroatoms. The highest BCUT2D eigenvalue weighted by atomic mass is 79.9. The molecule has 2 unspecified atom stereocenters. The van der Waals surface area contributed by atoms with E-state index >= 15 is 0 Å². The van der Waals surface area contributed by atoms with Crippen LogP contribution in [-0.2, 0) is 11.2 Å². The summed E-state index contributed by atoms with van der Waals surface area (Å²) in [6.45, 7) is 3.45. The first-order valence-corrected chi connectivity index (χ1v) is 6.92. The Morgan fingerprint density at radius 3 is 2.71 bits per heavy atom. The largest absolute Gasteiger partial charge is 0.389 e. The normalized spacial score (nSPS) is 24.3. The van der Waals surface area contributed by atoms with Crippen LogP contribution < -0.4 is 0 Å². The molecule has 1 N–H and O–H groups in total. The number of benzene rings is 1. The van der Waals surface area contributed by atoms with Crippen LogP contribution >= 0.6 is 15.9 Å². The van der Waals surface area contributed by atoms with E-state index in [9.17, 15) is 5.11 Å². The summed E-state index contributed by atoms with van der Waals surface area (Å²) in [5, 5.41) is 10.6. The third-order valence-corrected chi connectivity index (χ3v) is 4.04. The van der Waals surface area contributed by atoms with E-state index < -0.39 is 5.60 Å². The van der Waals surface area contributed by atoms with Gasteiger partial charge in [-0.15, -0.1) is 0 Å². The van der Waals surface area contributed by atoms with Crippen molar-refractivity contribution in [3.8, 4) is 0 Å². The molecule has 0 saturated carbocycles. The van der Waals surface area contributed by atoms with Gasteiger partial charge in [-0.3, -0.25) is 0 Å². The quantitative estimate of drug-likeness (QED) is 0.929. The molecule has 0 aromatic heterocycles. The molecule has 1 aliphatic rings. The lowest BCUT2D eigenvalue weighted by molar-refractivity contribution is -0.0673. The molecule has 0 aliphatic carbocycles. The number of ether oxygens (including phenoxy) is 1. The Bertz CT molecular complexity index is 353. The van der Waals surface area contributed by atoms with Crippen molar-refractivity contribution < 1.29 is 9.84 Å². The Kier molecular flexibility index (Phi) is 4.23. The molecule has 1 aromatic carbocycles. The lowest BCUT2D eigenvalue weighted by Crippen LogP contribution is -2.41. The Balaban J connectivity index is 2.02. The number of rotatable bonds is 3. The predicted molar refractivity (Wildman–Crippen MR) is 72.0 cm³/mol. The highest BCUT2D eigenvalue weighted by Crippen LogP contribution is 2.29. The van der Waals surface area contributed by atoms with Crippen LogP contribution in [-0.4, -0.2) is 23.9 Å². The molecular weight excluding hydrogens is 280 g/mol. The number of aliphatic hydroxyl groups is 1. The first-order chi connectivity index (χ1) is 8.08. The number of hydrogen-bond donors (Lipinski definition) is 1. The zero-order valence-electron chi connectivity index (χ0n) is 10.2. The maximum absolute atomic E-state index is 10.6. The molecule has 1 aromatic rings. The zero-order chi connectivity index (χ0) is 12.3. The topological polar surface area (TPSA) is 29.5 Å². The first kappa shape index (κ1) is 13.1. The van der Waals surface area contributed by atoms with Crippen molar-refractivity contribution in [3.63, 3.8) is 0 Å². The second-order valence-electron chi connectivity index (χ2n) is 5.07. The summed E-state index contributed by atoms with van der Waals surface area (Å²) < 4.78 is 6.53. The van der Waals surface area contributed by atoms with E-state index in [1.165, 1.54) is 5.56 Å². The molecule has 1 heterocycles. The summed E-state index contributed by atoms with van der Waals surface area (Å²) in [5.74, 6) is 0.250. The van der Waals surface area contributed by atoms with Gasteiger partial charge < -0.3 is 9.84 Å². The molecule has 1 saturated heterocycles. The number of hydrogen-bond acceptors (Lipinski definition) is 2. The molecule has 0 bridgehead atoms. The number of halogens is 1. The van der Waals surface area contributed by atoms with Gasteiger partial charge in [-0.25, -0.2) is 0 Å². The molecular formula is C14H19BrO2. The van der Waals surface area contributed by atoms with Gasteiger partial charge in [0.2, 0.25) is 0 Å². The molecule has 0 spiro atoms. The van der Waals surface area contributed by atoms with Crippen molar-refractivity contribution in [2.45, 2.75) is 31.8 Å². The smallest absolute Gasteiger partial charge is 0.0709 e. The van der Waals surface area contributed by atoms with Gasteiger partial charge in [-0.05, 0) is 37.5 Å². The van der Waals surface area contributed by atoms with Gasteiger partial charge in [-0.2, -0.15) is 0 Å². The van der Waals surface area contributed by atoms with Gasteiger partial charge in [0.1, 0.15) is 0 Å². The molecule has 1 fully saturated rings. The van der Waals surface area contributed by atoms with Gasteiger partial charge in [0.25, 0.3) is 0 Å². The van der Waals surface area contributed by atoms with Crippen LogP contribution in [0.3, 0.4) is 0 Å². The maximum atomic E-state index is 10.6. The zero-order valence-corrected chi connectivity index (χ0v) is 11.7. The van der Waals surface area contributed by atoms with Crippen molar-refractivity contribution in [1.29, 1.82) is 0 Å². The molecule has 94 valence electrons. The van der Waals surface area contributed by atoms with Crippen LogP contribution in [0.15, 0.2) is 28.7 Å². The van der Waals surface area contributed by atoms with E-state index in [2.05, 4.69) is 28.1 Å². The summed E-state index contributed by atoms with van der Waals surface area (Å²) >= 11 is 3.42. The summed E-state index contributed by atoms with van der Waals surface area (Å²) in [5.41, 5.74) is 0.498. The SMILES string of the molecule is CC(O)(Cc1ccc(Br)cc1)C1CCCOC1. The van der Waals surface area contributed by atoms with Crippen LogP contribution in [0.1, 0.15) is 25.3 Å². The van der Waals surface area contributed by atoms with E-state index in [4.69, 9.17) is 4.74 Å². The van der Waals surface area contributed by atoms with Gasteiger partial charge in [0.15, 0.2) is 0 Å². The predicted octanol–water partition coefficient (Wildman–Crippen LogP) is 3.17. The fourth-order valence-electron chi connectivity index (χ4n) is 2.39. The van der Waals surface area contributed by atoms with E-state index in [0.29, 0.717) is 13.0 Å². The lowest BCUT2D eigenvalue weighted by Gasteiger charge is -2.35. The van der Waals surface area contributed by atoms with Crippen LogP contribution in [0.2, 0.25) is 0 Å².